The van der Waals surface area contributed by atoms with Crippen molar-refractivity contribution in [2.45, 2.75) is 6.04 Å². The third-order valence-corrected chi connectivity index (χ3v) is 7.51. The molecule has 1 atom stereocenters. The predicted octanol–water partition coefficient (Wildman–Crippen LogP) is 5.46. The summed E-state index contributed by atoms with van der Waals surface area (Å²) in [4.78, 5) is 10.3. The molecule has 1 aliphatic rings. The number of halogens is 2. The Kier molecular flexibility index (Phi) is 5.68. The molecule has 0 spiro atoms. The molecule has 35 heavy (non-hydrogen) atoms. The van der Waals surface area contributed by atoms with Crippen molar-refractivity contribution in [1.82, 2.24) is 19.5 Å². The maximum atomic E-state index is 14.2. The summed E-state index contributed by atoms with van der Waals surface area (Å²) in [6.45, 7) is 2.99. The van der Waals surface area contributed by atoms with Crippen LogP contribution < -0.4 is 4.90 Å². The van der Waals surface area contributed by atoms with Crippen molar-refractivity contribution in [1.29, 1.82) is 0 Å². The van der Waals surface area contributed by atoms with E-state index in [0.717, 1.165) is 37.4 Å². The minimum absolute atomic E-state index is 0.00170. The molecule has 1 aliphatic heterocycles. The van der Waals surface area contributed by atoms with Crippen LogP contribution >= 0.6 is 22.9 Å². The number of aromatic nitrogens is 3. The van der Waals surface area contributed by atoms with Crippen molar-refractivity contribution in [2.75, 3.05) is 31.1 Å². The zero-order valence-electron chi connectivity index (χ0n) is 18.5. The fourth-order valence-electron chi connectivity index (χ4n) is 4.55. The topological polar surface area (TPSA) is 70.0 Å². The van der Waals surface area contributed by atoms with Crippen molar-refractivity contribution >= 4 is 33.6 Å². The van der Waals surface area contributed by atoms with E-state index in [-0.39, 0.29) is 17.7 Å². The molecule has 6 rings (SSSR count). The number of aromatic hydroxyl groups is 1. The van der Waals surface area contributed by atoms with Gasteiger partial charge in [-0.1, -0.05) is 41.1 Å². The standard InChI is InChI=1S/C25H21ClFN5O2S/c26-17-5-2-7-19(15-17)30-9-11-31(12-10-30)21(16-4-1-6-18(27)14-16)22-24(33)32-25(35-22)28-23(29-32)20-8-3-13-34-20/h1-8,13-15,21,33H,9-12H2/t21-/m1/s1. The first-order valence-electron chi connectivity index (χ1n) is 11.2. The number of thiazole rings is 1. The second-order valence-electron chi connectivity index (χ2n) is 8.36. The van der Waals surface area contributed by atoms with Crippen LogP contribution in [0.25, 0.3) is 16.5 Å². The Labute approximate surface area is 209 Å². The van der Waals surface area contributed by atoms with Gasteiger partial charge in [0.1, 0.15) is 5.82 Å². The molecular weight excluding hydrogens is 489 g/mol. The summed E-state index contributed by atoms with van der Waals surface area (Å²) in [5.41, 5.74) is 1.85. The predicted molar refractivity (Wildman–Crippen MR) is 134 cm³/mol. The molecule has 5 aromatic rings. The lowest BCUT2D eigenvalue weighted by Gasteiger charge is -2.40. The molecule has 7 nitrogen and oxygen atoms in total. The van der Waals surface area contributed by atoms with Crippen LogP contribution in [0.3, 0.4) is 0 Å². The smallest absolute Gasteiger partial charge is 0.230 e. The van der Waals surface area contributed by atoms with E-state index >= 15 is 0 Å². The molecule has 0 unspecified atom stereocenters. The molecule has 0 saturated carbocycles. The van der Waals surface area contributed by atoms with E-state index in [2.05, 4.69) is 19.9 Å². The van der Waals surface area contributed by atoms with Crippen molar-refractivity contribution in [3.05, 3.63) is 88.2 Å². The Morgan fingerprint density at radius 2 is 1.86 bits per heavy atom. The van der Waals surface area contributed by atoms with Crippen LogP contribution in [0.5, 0.6) is 5.88 Å². The lowest BCUT2D eigenvalue weighted by atomic mass is 10.0. The second-order valence-corrected chi connectivity index (χ2v) is 9.80. The number of hydrogen-bond donors (Lipinski definition) is 1. The van der Waals surface area contributed by atoms with Gasteiger partial charge >= 0.3 is 0 Å². The van der Waals surface area contributed by atoms with E-state index in [9.17, 15) is 9.50 Å². The maximum Gasteiger partial charge on any atom is 0.230 e. The molecule has 178 valence electrons. The van der Waals surface area contributed by atoms with Gasteiger partial charge < -0.3 is 14.4 Å². The number of furan rings is 1. The van der Waals surface area contributed by atoms with Gasteiger partial charge in [-0.3, -0.25) is 4.90 Å². The number of rotatable bonds is 5. The molecule has 1 saturated heterocycles. The monoisotopic (exact) mass is 509 g/mol. The lowest BCUT2D eigenvalue weighted by Crippen LogP contribution is -2.47. The van der Waals surface area contributed by atoms with E-state index in [1.54, 1.807) is 24.5 Å². The largest absolute Gasteiger partial charge is 0.492 e. The molecule has 1 N–H and O–H groups in total. The molecular formula is C25H21ClFN5O2S. The summed E-state index contributed by atoms with van der Waals surface area (Å²) in [5, 5.41) is 16.3. The zero-order valence-corrected chi connectivity index (χ0v) is 20.1. The van der Waals surface area contributed by atoms with Crippen LogP contribution in [-0.2, 0) is 0 Å². The summed E-state index contributed by atoms with van der Waals surface area (Å²) in [6, 6.07) is 17.6. The summed E-state index contributed by atoms with van der Waals surface area (Å²) in [6.07, 6.45) is 1.55. The second kappa shape index (κ2) is 8.99. The van der Waals surface area contributed by atoms with Gasteiger partial charge in [0.15, 0.2) is 5.76 Å². The molecule has 0 aliphatic carbocycles. The quantitative estimate of drug-likeness (QED) is 0.339. The summed E-state index contributed by atoms with van der Waals surface area (Å²) in [7, 11) is 0. The molecule has 3 aromatic heterocycles. The average Bonchev–Trinajstić information content (AvgIpc) is 3.59. The Morgan fingerprint density at radius 3 is 2.57 bits per heavy atom. The van der Waals surface area contributed by atoms with Gasteiger partial charge in [0.05, 0.1) is 17.2 Å². The van der Waals surface area contributed by atoms with Crippen LogP contribution in [0, 0.1) is 5.82 Å². The van der Waals surface area contributed by atoms with Crippen LogP contribution in [0.4, 0.5) is 10.1 Å². The average molecular weight is 510 g/mol. The highest BCUT2D eigenvalue weighted by Gasteiger charge is 2.32. The minimum atomic E-state index is -0.340. The van der Waals surface area contributed by atoms with E-state index in [4.69, 9.17) is 16.0 Å². The fourth-order valence-corrected chi connectivity index (χ4v) is 5.86. The normalized spacial score (nSPS) is 15.7. The van der Waals surface area contributed by atoms with E-state index in [0.29, 0.717) is 26.4 Å². The fraction of sp³-hybridized carbons (Fsp3) is 0.200. The summed E-state index contributed by atoms with van der Waals surface area (Å²) >= 11 is 7.53. The molecule has 0 amide bonds. The Bertz CT molecular complexity index is 1480. The van der Waals surface area contributed by atoms with Gasteiger partial charge in [-0.25, -0.2) is 4.39 Å². The van der Waals surface area contributed by atoms with Crippen LogP contribution in [-0.4, -0.2) is 50.8 Å². The Hall–Kier alpha value is -3.40. The number of anilines is 1. The Balaban J connectivity index is 1.34. The van der Waals surface area contributed by atoms with E-state index in [1.165, 1.54) is 28.0 Å². The van der Waals surface area contributed by atoms with Gasteiger partial charge in [-0.2, -0.15) is 9.50 Å². The highest BCUT2D eigenvalue weighted by atomic mass is 35.5. The van der Waals surface area contributed by atoms with E-state index < -0.39 is 0 Å². The van der Waals surface area contributed by atoms with Gasteiger partial charge in [-0.15, -0.1) is 5.10 Å². The van der Waals surface area contributed by atoms with E-state index in [1.807, 2.05) is 30.3 Å². The maximum absolute atomic E-state index is 14.2. The van der Waals surface area contributed by atoms with Crippen molar-refractivity contribution in [3.63, 3.8) is 0 Å². The molecule has 0 bridgehead atoms. The first-order valence-corrected chi connectivity index (χ1v) is 12.4. The van der Waals surface area contributed by atoms with Gasteiger partial charge in [0.2, 0.25) is 16.7 Å². The van der Waals surface area contributed by atoms with Gasteiger partial charge in [0, 0.05) is 36.9 Å². The number of nitrogens with zero attached hydrogens (tertiary/aromatic N) is 5. The molecule has 1 fully saturated rings. The SMILES string of the molecule is Oc1c([C@@H](c2cccc(F)c2)N2CCN(c3cccc(Cl)c3)CC2)sc2nc(-c3ccco3)nn12. The molecule has 0 radical (unpaired) electrons. The van der Waals surface area contributed by atoms with Crippen LogP contribution in [0.15, 0.2) is 71.3 Å². The Morgan fingerprint density at radius 1 is 1.03 bits per heavy atom. The molecule has 4 heterocycles. The molecule has 2 aromatic carbocycles. The van der Waals surface area contributed by atoms with Gasteiger partial charge in [0.25, 0.3) is 0 Å². The number of hydrogen-bond acceptors (Lipinski definition) is 7. The van der Waals surface area contributed by atoms with Crippen molar-refractivity contribution < 1.29 is 13.9 Å². The third-order valence-electron chi connectivity index (χ3n) is 6.21. The first kappa shape index (κ1) is 22.1. The number of fused-ring (bicyclic) bond motifs is 1. The molecule has 10 heteroatoms. The number of benzene rings is 2. The highest BCUT2D eigenvalue weighted by molar-refractivity contribution is 7.17. The third kappa shape index (κ3) is 4.16. The first-order chi connectivity index (χ1) is 17.1. The minimum Gasteiger partial charge on any atom is -0.492 e. The van der Waals surface area contributed by atoms with Crippen LogP contribution in [0.1, 0.15) is 16.5 Å². The number of piperazine rings is 1. The zero-order chi connectivity index (χ0) is 23.9. The van der Waals surface area contributed by atoms with Crippen molar-refractivity contribution in [2.24, 2.45) is 0 Å². The van der Waals surface area contributed by atoms with Crippen LogP contribution in [0.2, 0.25) is 5.02 Å². The van der Waals surface area contributed by atoms with Gasteiger partial charge in [-0.05, 0) is 48.0 Å². The summed E-state index contributed by atoms with van der Waals surface area (Å²) < 4.78 is 21.1. The highest BCUT2D eigenvalue weighted by Crippen LogP contribution is 2.41. The lowest BCUT2D eigenvalue weighted by molar-refractivity contribution is 0.211. The summed E-state index contributed by atoms with van der Waals surface area (Å²) in [5.74, 6) is 0.618. The van der Waals surface area contributed by atoms with Crippen molar-refractivity contribution in [3.8, 4) is 17.5 Å².